The first-order chi connectivity index (χ1) is 28.6. The largest absolute Gasteiger partial charge is 0.477 e. The molecule has 0 aliphatic rings. The van der Waals surface area contributed by atoms with Gasteiger partial charge in [0.25, 0.3) is 6.29 Å². The van der Waals surface area contributed by atoms with Crippen molar-refractivity contribution in [2.75, 3.05) is 47.5 Å². The Bertz CT molecular complexity index is 1240. The Morgan fingerprint density at radius 2 is 0.915 bits per heavy atom. The molecule has 0 aliphatic carbocycles. The van der Waals surface area contributed by atoms with Gasteiger partial charge in [-0.1, -0.05) is 144 Å². The van der Waals surface area contributed by atoms with E-state index in [4.69, 9.17) is 18.9 Å². The molecule has 0 spiro atoms. The number of hydrogen-bond acceptors (Lipinski definition) is 7. The summed E-state index contributed by atoms with van der Waals surface area (Å²) in [6.07, 6.45) is 49.2. The summed E-state index contributed by atoms with van der Waals surface area (Å²) >= 11 is 0. The van der Waals surface area contributed by atoms with Gasteiger partial charge in [-0.15, -0.1) is 0 Å². The summed E-state index contributed by atoms with van der Waals surface area (Å²) in [5.41, 5.74) is 0. The highest BCUT2D eigenvalue weighted by Gasteiger charge is 2.25. The molecule has 0 fully saturated rings. The highest BCUT2D eigenvalue weighted by molar-refractivity contribution is 5.71. The Morgan fingerprint density at radius 1 is 0.508 bits per heavy atom. The van der Waals surface area contributed by atoms with Gasteiger partial charge in [0.1, 0.15) is 13.2 Å². The molecule has 2 unspecified atom stereocenters. The molecule has 0 amide bonds. The second kappa shape index (κ2) is 41.2. The lowest BCUT2D eigenvalue weighted by Crippen LogP contribution is -2.40. The number of aliphatic carboxylic acids is 1. The predicted octanol–water partition coefficient (Wildman–Crippen LogP) is 12.1. The quantitative estimate of drug-likeness (QED) is 0.0214. The maximum absolute atomic E-state index is 12.8. The van der Waals surface area contributed by atoms with Crippen LogP contribution in [0.2, 0.25) is 0 Å². The van der Waals surface area contributed by atoms with E-state index < -0.39 is 24.3 Å². The van der Waals surface area contributed by atoms with Gasteiger partial charge in [0.05, 0.1) is 34.4 Å². The summed E-state index contributed by atoms with van der Waals surface area (Å²) in [7, 11) is 5.93. The van der Waals surface area contributed by atoms with Crippen molar-refractivity contribution in [2.45, 2.75) is 167 Å². The van der Waals surface area contributed by atoms with Crippen LogP contribution in [-0.2, 0) is 33.3 Å². The molecule has 0 aromatic rings. The van der Waals surface area contributed by atoms with Crippen molar-refractivity contribution < 1.29 is 42.9 Å². The molecule has 1 N–H and O–H groups in total. The standard InChI is InChI=1S/C50H83NO8/c1-6-8-10-12-14-16-18-20-22-24-26-28-30-32-34-36-38-40-47(52)57-44-46(45-58-50(49(54)55)56-43-42-51(3,4)5)59-48(53)41-39-37-35-33-31-29-27-25-23-21-19-17-15-13-11-9-7-2/h8-11,14-17,20-23,27,29,46,50H,6-7,12-13,18-19,24-26,28,30-45H2,1-5H3/p+1/b10-8-,11-9-,16-14-,17-15-,22-20-,23-21-,29-27-. The molecular weight excluding hydrogens is 743 g/mol. The van der Waals surface area contributed by atoms with Crippen molar-refractivity contribution in [3.63, 3.8) is 0 Å². The van der Waals surface area contributed by atoms with Gasteiger partial charge in [-0.25, -0.2) is 4.79 Å². The molecule has 0 rings (SSSR count). The van der Waals surface area contributed by atoms with Gasteiger partial charge in [-0.3, -0.25) is 9.59 Å². The second-order valence-corrected chi connectivity index (χ2v) is 15.9. The van der Waals surface area contributed by atoms with Crippen LogP contribution in [0.1, 0.15) is 155 Å². The van der Waals surface area contributed by atoms with E-state index in [0.717, 1.165) is 103 Å². The SMILES string of the molecule is CC/C=C\C/C=C\C/C=C\C/C=C\CCCCCCC(=O)OC(COC(=O)CCCCCCCCC/C=C\C/C=C\C/C=C\CC)COC(OCC[N+](C)(C)C)C(=O)O. The molecule has 0 aromatic carbocycles. The molecular formula is C50H84NO8+. The number of carbonyl (C=O) groups excluding carboxylic acids is 2. The van der Waals surface area contributed by atoms with E-state index in [1.165, 1.54) is 19.3 Å². The first-order valence-corrected chi connectivity index (χ1v) is 22.8. The number of nitrogens with zero attached hydrogens (tertiary/aromatic N) is 1. The number of likely N-dealkylation sites (N-methyl/N-ethyl adjacent to an activating group) is 1. The Morgan fingerprint density at radius 3 is 1.36 bits per heavy atom. The van der Waals surface area contributed by atoms with Crippen LogP contribution in [0.25, 0.3) is 0 Å². The fraction of sp³-hybridized carbons (Fsp3) is 0.660. The lowest BCUT2D eigenvalue weighted by Gasteiger charge is -2.25. The minimum absolute atomic E-state index is 0.176. The lowest BCUT2D eigenvalue weighted by molar-refractivity contribution is -0.870. The van der Waals surface area contributed by atoms with Crippen molar-refractivity contribution in [2.24, 2.45) is 0 Å². The average Bonchev–Trinajstić information content (AvgIpc) is 3.19. The monoisotopic (exact) mass is 827 g/mol. The zero-order valence-electron chi connectivity index (χ0n) is 37.9. The van der Waals surface area contributed by atoms with Crippen molar-refractivity contribution in [1.29, 1.82) is 0 Å². The molecule has 2 atom stereocenters. The summed E-state index contributed by atoms with van der Waals surface area (Å²) < 4.78 is 22.7. The zero-order valence-corrected chi connectivity index (χ0v) is 37.9. The van der Waals surface area contributed by atoms with E-state index in [-0.39, 0.29) is 38.6 Å². The molecule has 0 saturated carbocycles. The number of carboxylic acids is 1. The van der Waals surface area contributed by atoms with Crippen molar-refractivity contribution in [3.05, 3.63) is 85.1 Å². The Labute approximate surface area is 359 Å². The second-order valence-electron chi connectivity index (χ2n) is 15.9. The molecule has 0 radical (unpaired) electrons. The van der Waals surface area contributed by atoms with E-state index >= 15 is 0 Å². The Kier molecular flexibility index (Phi) is 38.7. The summed E-state index contributed by atoms with van der Waals surface area (Å²) in [5, 5.41) is 9.64. The first-order valence-electron chi connectivity index (χ1n) is 22.8. The third kappa shape index (κ3) is 42.4. The number of quaternary nitrogens is 1. The van der Waals surface area contributed by atoms with Crippen LogP contribution in [0.3, 0.4) is 0 Å². The van der Waals surface area contributed by atoms with E-state index in [0.29, 0.717) is 17.4 Å². The number of unbranched alkanes of at least 4 members (excludes halogenated alkanes) is 11. The molecule has 59 heavy (non-hydrogen) atoms. The maximum Gasteiger partial charge on any atom is 0.361 e. The van der Waals surface area contributed by atoms with Gasteiger partial charge >= 0.3 is 17.9 Å². The third-order valence-corrected chi connectivity index (χ3v) is 9.15. The third-order valence-electron chi connectivity index (χ3n) is 9.15. The molecule has 0 saturated heterocycles. The number of carboxylic acid groups (broad SMARTS) is 1. The summed E-state index contributed by atoms with van der Waals surface area (Å²) in [4.78, 5) is 37.1. The highest BCUT2D eigenvalue weighted by atomic mass is 16.7. The molecule has 0 heterocycles. The van der Waals surface area contributed by atoms with Gasteiger partial charge in [0.2, 0.25) is 0 Å². The van der Waals surface area contributed by atoms with Gasteiger partial charge in [0, 0.05) is 12.8 Å². The van der Waals surface area contributed by atoms with E-state index in [1.807, 2.05) is 21.1 Å². The molecule has 9 nitrogen and oxygen atoms in total. The van der Waals surface area contributed by atoms with Crippen molar-refractivity contribution in [1.82, 2.24) is 0 Å². The average molecular weight is 827 g/mol. The van der Waals surface area contributed by atoms with Crippen LogP contribution >= 0.6 is 0 Å². The van der Waals surface area contributed by atoms with Crippen LogP contribution in [0.4, 0.5) is 0 Å². The first kappa shape index (κ1) is 55.5. The Balaban J connectivity index is 4.50. The van der Waals surface area contributed by atoms with Crippen LogP contribution in [0.5, 0.6) is 0 Å². The van der Waals surface area contributed by atoms with Gasteiger partial charge < -0.3 is 28.5 Å². The van der Waals surface area contributed by atoms with Crippen LogP contribution < -0.4 is 0 Å². The molecule has 336 valence electrons. The summed E-state index contributed by atoms with van der Waals surface area (Å²) in [5.74, 6) is -2.07. The van der Waals surface area contributed by atoms with E-state index in [1.54, 1.807) is 0 Å². The Hall–Kier alpha value is -3.53. The van der Waals surface area contributed by atoms with Crippen LogP contribution in [-0.4, -0.2) is 87.4 Å². The smallest absolute Gasteiger partial charge is 0.361 e. The van der Waals surface area contributed by atoms with Crippen molar-refractivity contribution in [3.8, 4) is 0 Å². The number of esters is 2. The van der Waals surface area contributed by atoms with Gasteiger partial charge in [0.15, 0.2) is 6.10 Å². The topological polar surface area (TPSA) is 108 Å². The number of ether oxygens (including phenoxy) is 4. The normalized spacial score (nSPS) is 13.7. The number of rotatable bonds is 40. The molecule has 9 heteroatoms. The van der Waals surface area contributed by atoms with Crippen molar-refractivity contribution >= 4 is 17.9 Å². The number of carbonyl (C=O) groups is 3. The van der Waals surface area contributed by atoms with Crippen LogP contribution in [0, 0.1) is 0 Å². The summed E-state index contributed by atoms with van der Waals surface area (Å²) in [6, 6.07) is 0. The lowest BCUT2D eigenvalue weighted by atomic mass is 10.1. The van der Waals surface area contributed by atoms with Gasteiger partial charge in [-0.2, -0.15) is 0 Å². The fourth-order valence-electron chi connectivity index (χ4n) is 5.66. The predicted molar refractivity (Wildman–Crippen MR) is 244 cm³/mol. The number of allylic oxidation sites excluding steroid dienone is 14. The minimum Gasteiger partial charge on any atom is -0.477 e. The zero-order chi connectivity index (χ0) is 43.5. The minimum atomic E-state index is -1.52. The number of hydrogen-bond donors (Lipinski definition) is 1. The van der Waals surface area contributed by atoms with E-state index in [9.17, 15) is 19.5 Å². The molecule has 0 aromatic heterocycles. The fourth-order valence-corrected chi connectivity index (χ4v) is 5.66. The summed E-state index contributed by atoms with van der Waals surface area (Å²) in [6.45, 7) is 4.58. The molecule has 0 aliphatic heterocycles. The maximum atomic E-state index is 12.8. The highest BCUT2D eigenvalue weighted by Crippen LogP contribution is 2.13. The van der Waals surface area contributed by atoms with Crippen LogP contribution in [0.15, 0.2) is 85.1 Å². The molecule has 0 bridgehead atoms. The van der Waals surface area contributed by atoms with Gasteiger partial charge in [-0.05, 0) is 83.5 Å². The van der Waals surface area contributed by atoms with E-state index in [2.05, 4.69) is 98.9 Å².